The van der Waals surface area contributed by atoms with Crippen LogP contribution < -0.4 is 0 Å². The number of rotatable bonds is 5. The molecule has 0 N–H and O–H groups in total. The van der Waals surface area contributed by atoms with Crippen LogP contribution >= 0.6 is 0 Å². The van der Waals surface area contributed by atoms with Gasteiger partial charge in [0.25, 0.3) is 10.1 Å². The second kappa shape index (κ2) is 8.75. The summed E-state index contributed by atoms with van der Waals surface area (Å²) in [6.07, 6.45) is 2.21. The summed E-state index contributed by atoms with van der Waals surface area (Å²) in [6.45, 7) is 3.42. The molecule has 0 radical (unpaired) electrons. The highest BCUT2D eigenvalue weighted by molar-refractivity contribution is 7.86. The highest BCUT2D eigenvalue weighted by Crippen LogP contribution is 2.23. The average molecular weight is 422 g/mol. The molecule has 4 aliphatic carbocycles. The molecule has 4 bridgehead atoms. The van der Waals surface area contributed by atoms with E-state index in [-0.39, 0.29) is 11.3 Å². The SMILES string of the molecule is [2H]C(C)(Cc1cc2ccc1CCc1ccc(cc1)CC2)OS(=O)(=O)c1ccc(C)cc1. The van der Waals surface area contributed by atoms with Gasteiger partial charge in [0.05, 0.1) is 12.3 Å². The van der Waals surface area contributed by atoms with Crippen LogP contribution in [0.15, 0.2) is 71.6 Å². The van der Waals surface area contributed by atoms with Crippen LogP contribution in [0.1, 0.15) is 41.7 Å². The van der Waals surface area contributed by atoms with Crippen molar-refractivity contribution in [3.05, 3.63) is 100 Å². The second-order valence-electron chi connectivity index (χ2n) is 8.15. The van der Waals surface area contributed by atoms with Gasteiger partial charge in [0, 0.05) is 6.42 Å². The fourth-order valence-electron chi connectivity index (χ4n) is 3.92. The van der Waals surface area contributed by atoms with Gasteiger partial charge in [-0.15, -0.1) is 0 Å². The molecule has 1 atom stereocenters. The van der Waals surface area contributed by atoms with Crippen molar-refractivity contribution in [2.45, 2.75) is 56.9 Å². The third-order valence-electron chi connectivity index (χ3n) is 5.68. The molecule has 0 aromatic heterocycles. The molecule has 0 spiro atoms. The molecular weight excluding hydrogens is 392 g/mol. The first-order valence-corrected chi connectivity index (χ1v) is 11.8. The van der Waals surface area contributed by atoms with Crippen molar-refractivity contribution in [3.63, 3.8) is 0 Å². The van der Waals surface area contributed by atoms with E-state index in [1.54, 1.807) is 12.1 Å². The van der Waals surface area contributed by atoms with E-state index in [0.29, 0.717) is 0 Å². The Morgan fingerprint density at radius 2 is 1.43 bits per heavy atom. The van der Waals surface area contributed by atoms with Crippen LogP contribution in [0.4, 0.5) is 0 Å². The molecule has 3 nitrogen and oxygen atoms in total. The summed E-state index contributed by atoms with van der Waals surface area (Å²) < 4.78 is 39.5. The lowest BCUT2D eigenvalue weighted by molar-refractivity contribution is 0.229. The van der Waals surface area contributed by atoms with Crippen molar-refractivity contribution in [3.8, 4) is 0 Å². The summed E-state index contributed by atoms with van der Waals surface area (Å²) in [5, 5.41) is 0. The van der Waals surface area contributed by atoms with Crippen molar-refractivity contribution in [2.24, 2.45) is 0 Å². The smallest absolute Gasteiger partial charge is 0.263 e. The molecule has 3 aromatic rings. The Morgan fingerprint density at radius 3 is 2.10 bits per heavy atom. The molecule has 4 heteroatoms. The van der Waals surface area contributed by atoms with Gasteiger partial charge in [0.2, 0.25) is 0 Å². The van der Waals surface area contributed by atoms with Crippen LogP contribution in [0.2, 0.25) is 0 Å². The van der Waals surface area contributed by atoms with Gasteiger partial charge in [-0.1, -0.05) is 60.2 Å². The van der Waals surface area contributed by atoms with Crippen LogP contribution in [0.25, 0.3) is 0 Å². The van der Waals surface area contributed by atoms with Gasteiger partial charge in [-0.25, -0.2) is 0 Å². The van der Waals surface area contributed by atoms with E-state index in [1.165, 1.54) is 35.7 Å². The fourth-order valence-corrected chi connectivity index (χ4v) is 4.92. The first-order valence-electron chi connectivity index (χ1n) is 10.9. The van der Waals surface area contributed by atoms with Crippen molar-refractivity contribution in [2.75, 3.05) is 0 Å². The third-order valence-corrected chi connectivity index (χ3v) is 7.03. The second-order valence-corrected chi connectivity index (χ2v) is 9.70. The first kappa shape index (κ1) is 19.5. The summed E-state index contributed by atoms with van der Waals surface area (Å²) >= 11 is 0. The number of benzene rings is 3. The van der Waals surface area contributed by atoms with E-state index in [1.807, 2.05) is 6.92 Å². The number of aryl methyl sites for hydroxylation is 5. The topological polar surface area (TPSA) is 43.4 Å². The molecule has 0 aliphatic heterocycles. The van der Waals surface area contributed by atoms with Gasteiger partial charge in [-0.05, 0) is 79.5 Å². The van der Waals surface area contributed by atoms with Crippen LogP contribution in [0.5, 0.6) is 0 Å². The Morgan fingerprint density at radius 1 is 0.867 bits per heavy atom. The zero-order valence-electron chi connectivity index (χ0n) is 18.5. The molecule has 3 aromatic carbocycles. The summed E-state index contributed by atoms with van der Waals surface area (Å²) in [5.41, 5.74) is 6.89. The molecule has 30 heavy (non-hydrogen) atoms. The molecule has 1 unspecified atom stereocenters. The fraction of sp³-hybridized carbons (Fsp3) is 0.308. The van der Waals surface area contributed by atoms with Gasteiger partial charge >= 0.3 is 0 Å². The Labute approximate surface area is 181 Å². The molecule has 0 saturated carbocycles. The average Bonchev–Trinajstić information content (AvgIpc) is 2.70. The molecule has 4 aliphatic rings. The Hall–Kier alpha value is -2.43. The Bertz CT molecular complexity index is 1160. The van der Waals surface area contributed by atoms with Gasteiger partial charge in [0.1, 0.15) is 0 Å². The number of hydrogen-bond donors (Lipinski definition) is 0. The monoisotopic (exact) mass is 421 g/mol. The first-order chi connectivity index (χ1) is 14.7. The van der Waals surface area contributed by atoms with Gasteiger partial charge in [0.15, 0.2) is 0 Å². The highest BCUT2D eigenvalue weighted by atomic mass is 32.2. The molecule has 0 saturated heterocycles. The molecular formula is C26H28O3S. The van der Waals surface area contributed by atoms with E-state index < -0.39 is 16.2 Å². The highest BCUT2D eigenvalue weighted by Gasteiger charge is 2.20. The Balaban J connectivity index is 1.58. The summed E-state index contributed by atoms with van der Waals surface area (Å²) in [6, 6.07) is 21.7. The summed E-state index contributed by atoms with van der Waals surface area (Å²) in [4.78, 5) is 0.0794. The van der Waals surface area contributed by atoms with Crippen molar-refractivity contribution in [1.29, 1.82) is 0 Å². The lowest BCUT2D eigenvalue weighted by Gasteiger charge is -2.18. The summed E-state index contributed by atoms with van der Waals surface area (Å²) in [5.74, 6) is 0. The maximum atomic E-state index is 12.7. The van der Waals surface area contributed by atoms with E-state index in [0.717, 1.165) is 42.4 Å². The standard InChI is InChI=1S/C26H28O3S/c1-19-3-15-26(16-4-19)30(27,28)29-20(2)17-25-18-23-10-9-21-5-7-22(8-6-21)11-13-24(25)14-12-23/h3-8,12,14-16,18,20H,9-11,13,17H2,1-2H3/i20D. The van der Waals surface area contributed by atoms with E-state index in [4.69, 9.17) is 5.55 Å². The maximum absolute atomic E-state index is 12.7. The minimum absolute atomic E-state index is 0.0794. The van der Waals surface area contributed by atoms with Gasteiger partial charge in [-0.3, -0.25) is 4.18 Å². The predicted octanol–water partition coefficient (Wildman–Crippen LogP) is 5.22. The van der Waals surface area contributed by atoms with Crippen LogP contribution in [0, 0.1) is 6.92 Å². The maximum Gasteiger partial charge on any atom is 0.297 e. The third kappa shape index (κ3) is 5.00. The minimum atomic E-state index is -4.02. The largest absolute Gasteiger partial charge is 0.297 e. The Kier molecular flexibility index (Phi) is 5.69. The van der Waals surface area contributed by atoms with Crippen molar-refractivity contribution < 1.29 is 14.0 Å². The zero-order valence-corrected chi connectivity index (χ0v) is 18.3. The van der Waals surface area contributed by atoms with Gasteiger partial charge < -0.3 is 0 Å². The molecule has 7 rings (SSSR count). The van der Waals surface area contributed by atoms with Crippen molar-refractivity contribution >= 4 is 10.1 Å². The number of hydrogen-bond acceptors (Lipinski definition) is 3. The van der Waals surface area contributed by atoms with Crippen molar-refractivity contribution in [1.82, 2.24) is 0 Å². The lowest BCUT2D eigenvalue weighted by Crippen LogP contribution is -2.19. The molecule has 0 amide bonds. The lowest BCUT2D eigenvalue weighted by atomic mass is 9.91. The normalized spacial score (nSPS) is 16.4. The van der Waals surface area contributed by atoms with Gasteiger partial charge in [-0.2, -0.15) is 8.42 Å². The molecule has 156 valence electrons. The van der Waals surface area contributed by atoms with E-state index >= 15 is 0 Å². The minimum Gasteiger partial charge on any atom is -0.263 e. The van der Waals surface area contributed by atoms with Crippen LogP contribution in [-0.2, 0) is 46.4 Å². The quantitative estimate of drug-likeness (QED) is 0.531. The zero-order chi connectivity index (χ0) is 22.1. The predicted molar refractivity (Wildman–Crippen MR) is 120 cm³/mol. The van der Waals surface area contributed by atoms with Crippen LogP contribution in [-0.4, -0.2) is 14.5 Å². The van der Waals surface area contributed by atoms with E-state index in [2.05, 4.69) is 42.5 Å². The summed E-state index contributed by atoms with van der Waals surface area (Å²) in [7, 11) is -4.02. The van der Waals surface area contributed by atoms with E-state index in [9.17, 15) is 8.42 Å². The molecule has 0 heterocycles. The molecule has 0 fully saturated rings. The van der Waals surface area contributed by atoms with Crippen LogP contribution in [0.3, 0.4) is 0 Å².